The van der Waals surface area contributed by atoms with Crippen LogP contribution in [-0.4, -0.2) is 20.3 Å². The van der Waals surface area contributed by atoms with Gasteiger partial charge >= 0.3 is 0 Å². The van der Waals surface area contributed by atoms with Crippen molar-refractivity contribution in [1.29, 1.82) is 0 Å². The summed E-state index contributed by atoms with van der Waals surface area (Å²) in [5.74, 6) is -0.345. The SMILES string of the molecule is CCC(=O)C(Cc1ccc(C)c(C)c1)C(=O)CC.NS(=O)[O-]. The summed E-state index contributed by atoms with van der Waals surface area (Å²) in [4.78, 5) is 23.7. The van der Waals surface area contributed by atoms with Gasteiger partial charge in [-0.3, -0.25) is 18.9 Å². The molecular formula is C16H24NO4S-. The van der Waals surface area contributed by atoms with Crippen LogP contribution in [0.4, 0.5) is 0 Å². The van der Waals surface area contributed by atoms with Crippen LogP contribution in [0.2, 0.25) is 0 Å². The van der Waals surface area contributed by atoms with Crippen LogP contribution in [0.3, 0.4) is 0 Å². The number of carbonyl (C=O) groups is 2. The van der Waals surface area contributed by atoms with Crippen molar-refractivity contribution in [3.8, 4) is 0 Å². The van der Waals surface area contributed by atoms with E-state index in [4.69, 9.17) is 8.76 Å². The second kappa shape index (κ2) is 10.4. The third-order valence-corrected chi connectivity index (χ3v) is 3.49. The molecule has 0 bridgehead atoms. The molecule has 0 aliphatic carbocycles. The number of hydrogen-bond acceptors (Lipinski definition) is 4. The Morgan fingerprint density at radius 3 is 1.95 bits per heavy atom. The van der Waals surface area contributed by atoms with Crippen molar-refractivity contribution in [2.75, 3.05) is 0 Å². The van der Waals surface area contributed by atoms with E-state index in [0.29, 0.717) is 19.3 Å². The van der Waals surface area contributed by atoms with E-state index in [0.717, 1.165) is 5.56 Å². The largest absolute Gasteiger partial charge is 0.760 e. The van der Waals surface area contributed by atoms with Crippen LogP contribution in [0.1, 0.15) is 43.4 Å². The predicted molar refractivity (Wildman–Crippen MR) is 86.8 cm³/mol. The number of ketones is 2. The molecule has 22 heavy (non-hydrogen) atoms. The maximum absolute atomic E-state index is 11.8. The van der Waals surface area contributed by atoms with E-state index in [-0.39, 0.29) is 11.6 Å². The lowest BCUT2D eigenvalue weighted by Crippen LogP contribution is -2.25. The molecule has 0 fully saturated rings. The number of nitrogens with two attached hydrogens (primary N) is 1. The Morgan fingerprint density at radius 1 is 1.14 bits per heavy atom. The quantitative estimate of drug-likeness (QED) is 0.639. The Balaban J connectivity index is 0.000000980. The smallest absolute Gasteiger partial charge is 0.143 e. The Bertz CT molecular complexity index is 523. The zero-order valence-corrected chi connectivity index (χ0v) is 14.4. The summed E-state index contributed by atoms with van der Waals surface area (Å²) >= 11 is -2.36. The zero-order valence-electron chi connectivity index (χ0n) is 13.5. The topological polar surface area (TPSA) is 100 Å². The highest BCUT2D eigenvalue weighted by atomic mass is 32.2. The average Bonchev–Trinajstić information content (AvgIpc) is 2.46. The summed E-state index contributed by atoms with van der Waals surface area (Å²) < 4.78 is 17.6. The molecule has 1 aromatic rings. The molecule has 0 spiro atoms. The van der Waals surface area contributed by atoms with E-state index in [2.05, 4.69) is 31.1 Å². The van der Waals surface area contributed by atoms with E-state index >= 15 is 0 Å². The van der Waals surface area contributed by atoms with E-state index in [1.165, 1.54) is 11.1 Å². The Kier molecular flexibility index (Phi) is 9.73. The fourth-order valence-electron chi connectivity index (χ4n) is 2.07. The van der Waals surface area contributed by atoms with Crippen LogP contribution in [0.25, 0.3) is 0 Å². The molecule has 5 nitrogen and oxygen atoms in total. The third-order valence-electron chi connectivity index (χ3n) is 3.49. The zero-order chi connectivity index (χ0) is 17.3. The standard InChI is InChI=1S/C16H22O2.H3NO2S/c1-5-15(17)14(16(18)6-2)10-13-8-7-11(3)12(4)9-13;1-4(2)3/h7-9,14H,5-6,10H2,1-4H3;1H2,(H,2,3)/p-1. The van der Waals surface area contributed by atoms with Crippen molar-refractivity contribution < 1.29 is 18.4 Å². The number of rotatable bonds is 6. The van der Waals surface area contributed by atoms with E-state index < -0.39 is 17.2 Å². The van der Waals surface area contributed by atoms with Crippen molar-refractivity contribution in [3.63, 3.8) is 0 Å². The lowest BCUT2D eigenvalue weighted by Gasteiger charge is -2.14. The van der Waals surface area contributed by atoms with Crippen LogP contribution in [-0.2, 0) is 27.3 Å². The minimum atomic E-state index is -2.36. The van der Waals surface area contributed by atoms with E-state index in [1.807, 2.05) is 19.9 Å². The first-order valence-electron chi connectivity index (χ1n) is 7.18. The third kappa shape index (κ3) is 7.59. The summed E-state index contributed by atoms with van der Waals surface area (Å²) in [5, 5.41) is 4.03. The number of aryl methyl sites for hydroxylation is 2. The minimum Gasteiger partial charge on any atom is -0.760 e. The normalized spacial score (nSPS) is 11.6. The van der Waals surface area contributed by atoms with Crippen molar-refractivity contribution in [3.05, 3.63) is 34.9 Å². The highest BCUT2D eigenvalue weighted by Crippen LogP contribution is 2.17. The van der Waals surface area contributed by atoms with Gasteiger partial charge in [-0.1, -0.05) is 32.0 Å². The van der Waals surface area contributed by atoms with Gasteiger partial charge in [-0.25, -0.2) is 0 Å². The van der Waals surface area contributed by atoms with Gasteiger partial charge in [0.1, 0.15) is 11.6 Å². The molecule has 1 unspecified atom stereocenters. The van der Waals surface area contributed by atoms with Crippen LogP contribution in [0, 0.1) is 19.8 Å². The molecule has 0 aliphatic rings. The van der Waals surface area contributed by atoms with Gasteiger partial charge in [-0.05, 0) is 37.0 Å². The van der Waals surface area contributed by atoms with Gasteiger partial charge in [-0.2, -0.15) is 0 Å². The predicted octanol–water partition coefficient (Wildman–Crippen LogP) is 2.16. The molecule has 0 aromatic heterocycles. The molecule has 1 rings (SSSR count). The van der Waals surface area contributed by atoms with Gasteiger partial charge in [-0.15, -0.1) is 0 Å². The highest BCUT2D eigenvalue weighted by Gasteiger charge is 2.23. The second-order valence-electron chi connectivity index (χ2n) is 5.08. The average molecular weight is 326 g/mol. The molecule has 124 valence electrons. The Labute approximate surface area is 134 Å². The monoisotopic (exact) mass is 326 g/mol. The molecule has 6 heteroatoms. The van der Waals surface area contributed by atoms with Crippen LogP contribution in [0.5, 0.6) is 0 Å². The molecule has 0 aliphatic heterocycles. The first-order chi connectivity index (χ1) is 10.2. The number of hydrogen-bond donors (Lipinski definition) is 1. The van der Waals surface area contributed by atoms with Gasteiger partial charge in [0.2, 0.25) is 0 Å². The molecule has 0 radical (unpaired) electrons. The number of benzene rings is 1. The lowest BCUT2D eigenvalue weighted by molar-refractivity contribution is -0.132. The van der Waals surface area contributed by atoms with Crippen molar-refractivity contribution in [1.82, 2.24) is 0 Å². The summed E-state index contributed by atoms with van der Waals surface area (Å²) in [6, 6.07) is 6.14. The molecule has 1 atom stereocenters. The summed E-state index contributed by atoms with van der Waals surface area (Å²) in [5.41, 5.74) is 3.52. The first-order valence-corrected chi connectivity index (χ1v) is 8.31. The van der Waals surface area contributed by atoms with Crippen molar-refractivity contribution in [2.24, 2.45) is 11.1 Å². The maximum Gasteiger partial charge on any atom is 0.143 e. The van der Waals surface area contributed by atoms with Crippen molar-refractivity contribution in [2.45, 2.75) is 47.0 Å². The Morgan fingerprint density at radius 2 is 1.59 bits per heavy atom. The molecular weight excluding hydrogens is 302 g/mol. The molecule has 0 saturated heterocycles. The fraction of sp³-hybridized carbons (Fsp3) is 0.500. The number of Topliss-reactive ketones (excluding diaryl/α,β-unsaturated/α-hetero) is 2. The van der Waals surface area contributed by atoms with Gasteiger partial charge in [0, 0.05) is 24.1 Å². The molecule has 0 heterocycles. The molecule has 0 amide bonds. The highest BCUT2D eigenvalue weighted by molar-refractivity contribution is 7.76. The van der Waals surface area contributed by atoms with Gasteiger partial charge in [0.15, 0.2) is 0 Å². The van der Waals surface area contributed by atoms with Crippen LogP contribution in [0.15, 0.2) is 18.2 Å². The van der Waals surface area contributed by atoms with Gasteiger partial charge in [0.25, 0.3) is 0 Å². The molecule has 0 saturated carbocycles. The fourth-order valence-corrected chi connectivity index (χ4v) is 2.07. The summed E-state index contributed by atoms with van der Waals surface area (Å²) in [6.07, 6.45) is 1.41. The Hall–Kier alpha value is -1.37. The van der Waals surface area contributed by atoms with E-state index in [1.54, 1.807) is 0 Å². The lowest BCUT2D eigenvalue weighted by atomic mass is 9.88. The van der Waals surface area contributed by atoms with E-state index in [9.17, 15) is 9.59 Å². The van der Waals surface area contributed by atoms with Crippen molar-refractivity contribution >= 4 is 22.8 Å². The van der Waals surface area contributed by atoms with Gasteiger partial charge in [0.05, 0.1) is 5.92 Å². The second-order valence-corrected chi connectivity index (χ2v) is 5.60. The summed E-state index contributed by atoms with van der Waals surface area (Å²) in [7, 11) is 0. The van der Waals surface area contributed by atoms with Gasteiger partial charge < -0.3 is 4.55 Å². The first kappa shape index (κ1) is 20.6. The van der Waals surface area contributed by atoms with Crippen LogP contribution >= 0.6 is 0 Å². The van der Waals surface area contributed by atoms with Crippen LogP contribution < -0.4 is 5.14 Å². The summed E-state index contributed by atoms with van der Waals surface area (Å²) in [6.45, 7) is 7.75. The molecule has 1 aromatic carbocycles. The number of carbonyl (C=O) groups excluding carboxylic acids is 2. The molecule has 2 N–H and O–H groups in total. The minimum absolute atomic E-state index is 0.0556. The maximum atomic E-state index is 11.8.